The van der Waals surface area contributed by atoms with Crippen molar-refractivity contribution in [2.75, 3.05) is 18.9 Å². The van der Waals surface area contributed by atoms with Crippen LogP contribution in [0.1, 0.15) is 103 Å². The molecule has 0 saturated carbocycles. The van der Waals surface area contributed by atoms with Crippen LogP contribution in [0.4, 0.5) is 0 Å². The lowest BCUT2D eigenvalue weighted by molar-refractivity contribution is -0.138. The second-order valence-electron chi connectivity index (χ2n) is 8.11. The number of imide groups is 1. The molecule has 0 aromatic carbocycles. The van der Waals surface area contributed by atoms with Gasteiger partial charge in [-0.3, -0.25) is 14.5 Å². The number of unbranched alkanes of at least 4 members (excludes halogenated alkanes) is 12. The van der Waals surface area contributed by atoms with Crippen molar-refractivity contribution in [3.8, 4) is 0 Å². The van der Waals surface area contributed by atoms with Crippen LogP contribution in [0.25, 0.3) is 0 Å². The summed E-state index contributed by atoms with van der Waals surface area (Å²) in [6, 6.07) is 0. The molecule has 1 heterocycles. The second-order valence-corrected chi connectivity index (χ2v) is 9.42. The lowest BCUT2D eigenvalue weighted by atomic mass is 10.1. The standard InChI is InChI=1S/C24H43NO3S/c1-2-3-4-5-6-7-8-9-10-11-12-13-14-15-16-17-18-25-23(27)21-22(24(25)28)29-20-19-26/h9-10,22,26H,2-8,11-21H2,1H3/b10-9-. The molecular formula is C24H43NO3S. The lowest BCUT2D eigenvalue weighted by Gasteiger charge is -2.14. The Bertz CT molecular complexity index is 467. The first kappa shape index (κ1) is 26.2. The first-order valence-electron chi connectivity index (χ1n) is 11.9. The molecule has 1 atom stereocenters. The van der Waals surface area contributed by atoms with Gasteiger partial charge in [0.05, 0.1) is 11.9 Å². The quantitative estimate of drug-likeness (QED) is 0.160. The van der Waals surface area contributed by atoms with Gasteiger partial charge in [0.2, 0.25) is 11.8 Å². The monoisotopic (exact) mass is 425 g/mol. The number of carbonyl (C=O) groups is 2. The van der Waals surface area contributed by atoms with E-state index in [-0.39, 0.29) is 23.7 Å². The third-order valence-corrected chi connectivity index (χ3v) is 6.70. The van der Waals surface area contributed by atoms with Crippen LogP contribution in [-0.4, -0.2) is 46.0 Å². The largest absolute Gasteiger partial charge is 0.396 e. The van der Waals surface area contributed by atoms with Crippen LogP contribution in [0.5, 0.6) is 0 Å². The fraction of sp³-hybridized carbons (Fsp3) is 0.833. The summed E-state index contributed by atoms with van der Waals surface area (Å²) in [7, 11) is 0. The summed E-state index contributed by atoms with van der Waals surface area (Å²) in [4.78, 5) is 25.6. The molecule has 4 nitrogen and oxygen atoms in total. The molecule has 0 aliphatic carbocycles. The minimum atomic E-state index is -0.274. The number of aliphatic hydroxyl groups is 1. The molecule has 0 aromatic rings. The highest BCUT2D eigenvalue weighted by molar-refractivity contribution is 8.00. The highest BCUT2D eigenvalue weighted by Gasteiger charge is 2.37. The van der Waals surface area contributed by atoms with E-state index < -0.39 is 0 Å². The summed E-state index contributed by atoms with van der Waals surface area (Å²) < 4.78 is 0. The average Bonchev–Trinajstić information content (AvgIpc) is 2.99. The fourth-order valence-corrected chi connectivity index (χ4v) is 4.65. The number of hydrogen-bond acceptors (Lipinski definition) is 4. The Morgan fingerprint density at radius 3 is 2.03 bits per heavy atom. The molecule has 29 heavy (non-hydrogen) atoms. The normalized spacial score (nSPS) is 17.2. The predicted molar refractivity (Wildman–Crippen MR) is 124 cm³/mol. The molecule has 1 N–H and O–H groups in total. The van der Waals surface area contributed by atoms with Gasteiger partial charge in [-0.1, -0.05) is 76.9 Å². The number of aliphatic hydroxyl groups excluding tert-OH is 1. The predicted octanol–water partition coefficient (Wildman–Crippen LogP) is 5.88. The van der Waals surface area contributed by atoms with Gasteiger partial charge in [-0.25, -0.2) is 0 Å². The van der Waals surface area contributed by atoms with E-state index >= 15 is 0 Å². The van der Waals surface area contributed by atoms with Gasteiger partial charge in [0.15, 0.2) is 0 Å². The van der Waals surface area contributed by atoms with Gasteiger partial charge in [0, 0.05) is 18.7 Å². The summed E-state index contributed by atoms with van der Waals surface area (Å²) in [5, 5.41) is 8.60. The molecule has 1 aliphatic heterocycles. The Morgan fingerprint density at radius 2 is 1.45 bits per heavy atom. The summed E-state index contributed by atoms with van der Waals surface area (Å²) in [6.07, 6.45) is 22.6. The zero-order valence-electron chi connectivity index (χ0n) is 18.6. The van der Waals surface area contributed by atoms with E-state index in [0.717, 1.165) is 12.8 Å². The van der Waals surface area contributed by atoms with Gasteiger partial charge >= 0.3 is 0 Å². The van der Waals surface area contributed by atoms with E-state index in [0.29, 0.717) is 18.7 Å². The number of thioether (sulfide) groups is 1. The molecule has 1 saturated heterocycles. The van der Waals surface area contributed by atoms with Gasteiger partial charge in [0.25, 0.3) is 0 Å². The maximum absolute atomic E-state index is 12.2. The SMILES string of the molecule is CCCCCCCC/C=C\CCCCCCCCN1C(=O)CC(SCCO)C1=O. The first-order valence-corrected chi connectivity index (χ1v) is 13.0. The van der Waals surface area contributed by atoms with E-state index in [9.17, 15) is 9.59 Å². The second kappa shape index (κ2) is 18.0. The number of allylic oxidation sites excluding steroid dienone is 2. The summed E-state index contributed by atoms with van der Waals surface area (Å²) >= 11 is 1.40. The van der Waals surface area contributed by atoms with Crippen molar-refractivity contribution in [2.24, 2.45) is 0 Å². The van der Waals surface area contributed by atoms with E-state index in [1.165, 1.54) is 93.7 Å². The van der Waals surface area contributed by atoms with Crippen molar-refractivity contribution in [3.63, 3.8) is 0 Å². The molecule has 1 unspecified atom stereocenters. The fourth-order valence-electron chi connectivity index (χ4n) is 3.73. The van der Waals surface area contributed by atoms with Crippen LogP contribution >= 0.6 is 11.8 Å². The van der Waals surface area contributed by atoms with Crippen molar-refractivity contribution in [3.05, 3.63) is 12.2 Å². The van der Waals surface area contributed by atoms with E-state index in [1.807, 2.05) is 0 Å². The zero-order valence-corrected chi connectivity index (χ0v) is 19.4. The Morgan fingerprint density at radius 1 is 0.897 bits per heavy atom. The summed E-state index contributed by atoms with van der Waals surface area (Å²) in [5.74, 6) is 0.422. The van der Waals surface area contributed by atoms with Gasteiger partial charge in [-0.15, -0.1) is 11.8 Å². The Hall–Kier alpha value is -0.810. The number of nitrogens with zero attached hydrogens (tertiary/aromatic N) is 1. The Labute approximate surface area is 182 Å². The molecule has 0 aromatic heterocycles. The average molecular weight is 426 g/mol. The molecule has 1 rings (SSSR count). The van der Waals surface area contributed by atoms with Crippen molar-refractivity contribution >= 4 is 23.6 Å². The maximum atomic E-state index is 12.2. The Balaban J connectivity index is 1.90. The number of amides is 2. The summed E-state index contributed by atoms with van der Waals surface area (Å²) in [6.45, 7) is 2.88. The van der Waals surface area contributed by atoms with E-state index in [2.05, 4.69) is 19.1 Å². The third kappa shape index (κ3) is 12.5. The molecule has 5 heteroatoms. The third-order valence-electron chi connectivity index (χ3n) is 5.51. The molecule has 0 radical (unpaired) electrons. The molecule has 168 valence electrons. The van der Waals surface area contributed by atoms with Crippen molar-refractivity contribution < 1.29 is 14.7 Å². The van der Waals surface area contributed by atoms with E-state index in [4.69, 9.17) is 5.11 Å². The molecular weight excluding hydrogens is 382 g/mol. The number of hydrogen-bond donors (Lipinski definition) is 1. The van der Waals surface area contributed by atoms with Crippen LogP contribution in [0.3, 0.4) is 0 Å². The molecule has 2 amide bonds. The van der Waals surface area contributed by atoms with Gasteiger partial charge < -0.3 is 5.11 Å². The molecule has 0 spiro atoms. The van der Waals surface area contributed by atoms with Gasteiger partial charge in [0.1, 0.15) is 0 Å². The molecule has 1 aliphatic rings. The lowest BCUT2D eigenvalue weighted by Crippen LogP contribution is -2.32. The number of likely N-dealkylation sites (tertiary alicyclic amines) is 1. The van der Waals surface area contributed by atoms with Crippen LogP contribution in [0.15, 0.2) is 12.2 Å². The van der Waals surface area contributed by atoms with Crippen molar-refractivity contribution in [2.45, 2.75) is 108 Å². The minimum Gasteiger partial charge on any atom is -0.396 e. The smallest absolute Gasteiger partial charge is 0.242 e. The topological polar surface area (TPSA) is 57.6 Å². The summed E-state index contributed by atoms with van der Waals surface area (Å²) in [5.41, 5.74) is 0. The van der Waals surface area contributed by atoms with Crippen molar-refractivity contribution in [1.82, 2.24) is 4.90 Å². The van der Waals surface area contributed by atoms with Crippen LogP contribution < -0.4 is 0 Å². The first-order chi connectivity index (χ1) is 14.2. The van der Waals surface area contributed by atoms with Crippen LogP contribution in [0.2, 0.25) is 0 Å². The minimum absolute atomic E-state index is 0.0433. The molecule has 0 bridgehead atoms. The maximum Gasteiger partial charge on any atom is 0.242 e. The van der Waals surface area contributed by atoms with E-state index in [1.54, 1.807) is 0 Å². The number of carbonyl (C=O) groups excluding carboxylic acids is 2. The van der Waals surface area contributed by atoms with Gasteiger partial charge in [-0.2, -0.15) is 0 Å². The van der Waals surface area contributed by atoms with Crippen molar-refractivity contribution in [1.29, 1.82) is 0 Å². The van der Waals surface area contributed by atoms with Crippen LogP contribution in [-0.2, 0) is 9.59 Å². The van der Waals surface area contributed by atoms with Crippen LogP contribution in [0, 0.1) is 0 Å². The Kier molecular flexibility index (Phi) is 16.3. The zero-order chi connectivity index (χ0) is 21.2. The highest BCUT2D eigenvalue weighted by Crippen LogP contribution is 2.25. The molecule has 1 fully saturated rings. The highest BCUT2D eigenvalue weighted by atomic mass is 32.2. The number of rotatable bonds is 19. The van der Waals surface area contributed by atoms with Gasteiger partial charge in [-0.05, 0) is 32.1 Å².